The Kier molecular flexibility index (Phi) is 6.20. The van der Waals surface area contributed by atoms with Crippen molar-refractivity contribution in [3.05, 3.63) is 76.7 Å². The zero-order chi connectivity index (χ0) is 25.5. The molecule has 0 saturated heterocycles. The molecule has 2 heterocycles. The van der Waals surface area contributed by atoms with Crippen LogP contribution in [-0.4, -0.2) is 36.0 Å². The molecule has 0 radical (unpaired) electrons. The molecule has 4 rings (SSSR count). The number of hydrogen-bond donors (Lipinski definition) is 1. The molecule has 4 aromatic rings. The van der Waals surface area contributed by atoms with Gasteiger partial charge in [-0.3, -0.25) is 4.79 Å². The SMILES string of the molecule is COc1cc(NC(=O)c2cc3nc(C)cc(C(F)(F)F)n3n2)cc(S(=O)(=O)c2ccc(Cl)cc2)c1. The summed E-state index contributed by atoms with van der Waals surface area (Å²) in [6, 6.07) is 11.3. The second-order valence-electron chi connectivity index (χ2n) is 7.39. The van der Waals surface area contributed by atoms with Crippen molar-refractivity contribution in [1.82, 2.24) is 14.6 Å². The minimum atomic E-state index is -4.72. The Balaban J connectivity index is 1.71. The molecule has 0 aliphatic carbocycles. The van der Waals surface area contributed by atoms with E-state index in [1.165, 1.54) is 56.5 Å². The molecule has 0 spiro atoms. The number of aromatic nitrogens is 3. The van der Waals surface area contributed by atoms with Crippen LogP contribution in [0.3, 0.4) is 0 Å². The summed E-state index contributed by atoms with van der Waals surface area (Å²) in [6.07, 6.45) is -4.72. The number of carbonyl (C=O) groups excluding carboxylic acids is 1. The third kappa shape index (κ3) is 4.93. The number of methoxy groups -OCH3 is 1. The topological polar surface area (TPSA) is 103 Å². The number of amides is 1. The Hall–Kier alpha value is -3.64. The lowest BCUT2D eigenvalue weighted by atomic mass is 10.3. The molecule has 182 valence electrons. The molecule has 2 aromatic heterocycles. The second-order valence-corrected chi connectivity index (χ2v) is 9.77. The summed E-state index contributed by atoms with van der Waals surface area (Å²) in [5.74, 6) is -0.744. The maximum absolute atomic E-state index is 13.4. The molecule has 0 fully saturated rings. The van der Waals surface area contributed by atoms with E-state index in [0.717, 1.165) is 12.1 Å². The van der Waals surface area contributed by atoms with Gasteiger partial charge in [0.2, 0.25) is 9.84 Å². The first-order valence-corrected chi connectivity index (χ1v) is 11.7. The highest BCUT2D eigenvalue weighted by Crippen LogP contribution is 2.31. The van der Waals surface area contributed by atoms with E-state index in [2.05, 4.69) is 15.4 Å². The number of nitrogens with one attached hydrogen (secondary N) is 1. The van der Waals surface area contributed by atoms with Crippen LogP contribution >= 0.6 is 11.6 Å². The molecule has 35 heavy (non-hydrogen) atoms. The Morgan fingerprint density at radius 1 is 1.06 bits per heavy atom. The van der Waals surface area contributed by atoms with E-state index in [1.807, 2.05) is 0 Å². The molecule has 0 aliphatic rings. The highest BCUT2D eigenvalue weighted by Gasteiger charge is 2.35. The van der Waals surface area contributed by atoms with Gasteiger partial charge in [0, 0.05) is 28.5 Å². The molecule has 13 heteroatoms. The van der Waals surface area contributed by atoms with Crippen molar-refractivity contribution >= 4 is 38.7 Å². The normalized spacial score (nSPS) is 12.1. The van der Waals surface area contributed by atoms with Crippen LogP contribution in [0.5, 0.6) is 5.75 Å². The van der Waals surface area contributed by atoms with Gasteiger partial charge in [0.15, 0.2) is 11.3 Å². The molecule has 1 amide bonds. The number of aryl methyl sites for hydroxylation is 1. The van der Waals surface area contributed by atoms with Crippen molar-refractivity contribution in [1.29, 1.82) is 0 Å². The number of anilines is 1. The Labute approximate surface area is 202 Å². The minimum Gasteiger partial charge on any atom is -0.497 e. The maximum atomic E-state index is 13.4. The molecule has 0 aliphatic heterocycles. The fourth-order valence-electron chi connectivity index (χ4n) is 3.27. The molecule has 1 N–H and O–H groups in total. The number of ether oxygens (including phenoxy) is 1. The van der Waals surface area contributed by atoms with Crippen LogP contribution in [0.4, 0.5) is 18.9 Å². The van der Waals surface area contributed by atoms with E-state index in [0.29, 0.717) is 9.54 Å². The standard InChI is InChI=1S/C22H16ClF3N4O4S/c1-12-7-19(22(24,25)26)30-20(27-12)11-18(29-30)21(31)28-14-8-15(34-2)10-17(9-14)35(32,33)16-5-3-13(23)4-6-16/h3-11H,1-2H3,(H,28,31). The Morgan fingerprint density at radius 3 is 2.37 bits per heavy atom. The average molecular weight is 525 g/mol. The molecule has 2 aromatic carbocycles. The van der Waals surface area contributed by atoms with E-state index in [1.54, 1.807) is 0 Å². The minimum absolute atomic E-state index is 0.0270. The van der Waals surface area contributed by atoms with Crippen molar-refractivity contribution in [2.75, 3.05) is 12.4 Å². The van der Waals surface area contributed by atoms with Crippen LogP contribution in [0.1, 0.15) is 21.9 Å². The summed E-state index contributed by atoms with van der Waals surface area (Å²) in [4.78, 5) is 16.6. The Bertz CT molecular complexity index is 1550. The van der Waals surface area contributed by atoms with Crippen LogP contribution in [-0.2, 0) is 16.0 Å². The molecule has 8 nitrogen and oxygen atoms in total. The number of sulfone groups is 1. The van der Waals surface area contributed by atoms with Gasteiger partial charge in [0.25, 0.3) is 5.91 Å². The van der Waals surface area contributed by atoms with E-state index in [4.69, 9.17) is 16.3 Å². The number of hydrogen-bond acceptors (Lipinski definition) is 6. The van der Waals surface area contributed by atoms with Gasteiger partial charge in [-0.25, -0.2) is 17.9 Å². The molecular weight excluding hydrogens is 509 g/mol. The van der Waals surface area contributed by atoms with Crippen LogP contribution in [0, 0.1) is 6.92 Å². The first-order valence-electron chi connectivity index (χ1n) is 9.84. The van der Waals surface area contributed by atoms with Crippen LogP contribution in [0.2, 0.25) is 5.02 Å². The van der Waals surface area contributed by atoms with E-state index >= 15 is 0 Å². The number of alkyl halides is 3. The van der Waals surface area contributed by atoms with Gasteiger partial charge < -0.3 is 10.1 Å². The predicted octanol–water partition coefficient (Wildman–Crippen LogP) is 4.80. The van der Waals surface area contributed by atoms with Gasteiger partial charge in [-0.2, -0.15) is 18.3 Å². The molecule has 0 unspecified atom stereocenters. The summed E-state index contributed by atoms with van der Waals surface area (Å²) >= 11 is 5.83. The predicted molar refractivity (Wildman–Crippen MR) is 121 cm³/mol. The number of halogens is 4. The smallest absolute Gasteiger partial charge is 0.433 e. The van der Waals surface area contributed by atoms with Crippen molar-refractivity contribution in [3.8, 4) is 5.75 Å². The maximum Gasteiger partial charge on any atom is 0.433 e. The van der Waals surface area contributed by atoms with E-state index in [9.17, 15) is 26.4 Å². The lowest BCUT2D eigenvalue weighted by Crippen LogP contribution is -2.16. The highest BCUT2D eigenvalue weighted by atomic mass is 35.5. The quantitative estimate of drug-likeness (QED) is 0.402. The van der Waals surface area contributed by atoms with Crippen molar-refractivity contribution in [2.24, 2.45) is 0 Å². The number of fused-ring (bicyclic) bond motifs is 1. The monoisotopic (exact) mass is 524 g/mol. The second kappa shape index (κ2) is 8.86. The van der Waals surface area contributed by atoms with E-state index in [-0.39, 0.29) is 38.3 Å². The first-order chi connectivity index (χ1) is 16.4. The van der Waals surface area contributed by atoms with Gasteiger partial charge in [-0.15, -0.1) is 0 Å². The summed E-state index contributed by atoms with van der Waals surface area (Å²) in [6.45, 7) is 1.39. The largest absolute Gasteiger partial charge is 0.497 e. The van der Waals surface area contributed by atoms with Gasteiger partial charge >= 0.3 is 6.18 Å². The number of carbonyl (C=O) groups is 1. The van der Waals surface area contributed by atoms with Crippen LogP contribution in [0.15, 0.2) is 64.4 Å². The fraction of sp³-hybridized carbons (Fsp3) is 0.136. The summed E-state index contributed by atoms with van der Waals surface area (Å²) in [5.41, 5.74) is -1.48. The molecule has 0 atom stereocenters. The fourth-order valence-corrected chi connectivity index (χ4v) is 4.72. The zero-order valence-corrected chi connectivity index (χ0v) is 19.7. The summed E-state index contributed by atoms with van der Waals surface area (Å²) in [7, 11) is -2.69. The lowest BCUT2D eigenvalue weighted by molar-refractivity contribution is -0.142. The van der Waals surface area contributed by atoms with Gasteiger partial charge in [0.1, 0.15) is 11.4 Å². The average Bonchev–Trinajstić information content (AvgIpc) is 3.22. The van der Waals surface area contributed by atoms with Crippen LogP contribution < -0.4 is 10.1 Å². The highest BCUT2D eigenvalue weighted by molar-refractivity contribution is 7.91. The number of nitrogens with zero attached hydrogens (tertiary/aromatic N) is 3. The summed E-state index contributed by atoms with van der Waals surface area (Å²) in [5, 5.41) is 6.55. The van der Waals surface area contributed by atoms with Crippen molar-refractivity contribution in [2.45, 2.75) is 22.9 Å². The van der Waals surface area contributed by atoms with Gasteiger partial charge in [-0.1, -0.05) is 11.6 Å². The van der Waals surface area contributed by atoms with Crippen LogP contribution in [0.25, 0.3) is 5.65 Å². The Morgan fingerprint density at radius 2 is 1.74 bits per heavy atom. The molecule has 0 saturated carbocycles. The zero-order valence-electron chi connectivity index (χ0n) is 18.1. The number of benzene rings is 2. The van der Waals surface area contributed by atoms with Crippen molar-refractivity contribution in [3.63, 3.8) is 0 Å². The molecular formula is C22H16ClF3N4O4S. The van der Waals surface area contributed by atoms with Gasteiger partial charge in [-0.05, 0) is 49.4 Å². The summed E-state index contributed by atoms with van der Waals surface area (Å²) < 4.78 is 72.0. The number of rotatable bonds is 5. The lowest BCUT2D eigenvalue weighted by Gasteiger charge is -2.11. The van der Waals surface area contributed by atoms with E-state index < -0.39 is 27.6 Å². The molecule has 0 bridgehead atoms. The third-order valence-electron chi connectivity index (χ3n) is 4.89. The van der Waals surface area contributed by atoms with Crippen molar-refractivity contribution < 1.29 is 31.1 Å². The third-order valence-corrected chi connectivity index (χ3v) is 6.89. The first kappa shape index (κ1) is 24.5. The van der Waals surface area contributed by atoms with Gasteiger partial charge in [0.05, 0.1) is 16.9 Å².